The minimum atomic E-state index is -0.273. The SMILES string of the molecule is OC(CCOc1ccc(Cl)cc1)C1CCCNC1. The zero-order chi connectivity index (χ0) is 12.8. The Bertz CT molecular complexity index is 349. The predicted molar refractivity (Wildman–Crippen MR) is 73.2 cm³/mol. The van der Waals surface area contributed by atoms with Crippen LogP contribution in [0.25, 0.3) is 0 Å². The number of hydrogen-bond donors (Lipinski definition) is 2. The Labute approximate surface area is 113 Å². The lowest BCUT2D eigenvalue weighted by Crippen LogP contribution is -2.37. The largest absolute Gasteiger partial charge is 0.493 e. The van der Waals surface area contributed by atoms with Gasteiger partial charge in [0.2, 0.25) is 0 Å². The third kappa shape index (κ3) is 4.16. The van der Waals surface area contributed by atoms with E-state index in [0.29, 0.717) is 24.0 Å². The second-order valence-corrected chi connectivity index (χ2v) is 5.20. The molecule has 1 aliphatic heterocycles. The van der Waals surface area contributed by atoms with Crippen molar-refractivity contribution in [3.63, 3.8) is 0 Å². The molecule has 2 atom stereocenters. The number of ether oxygens (including phenoxy) is 1. The van der Waals surface area contributed by atoms with Crippen LogP contribution >= 0.6 is 11.6 Å². The molecule has 1 aromatic carbocycles. The summed E-state index contributed by atoms with van der Waals surface area (Å²) in [4.78, 5) is 0. The zero-order valence-electron chi connectivity index (χ0n) is 10.4. The van der Waals surface area contributed by atoms with Crippen LogP contribution in [-0.4, -0.2) is 30.9 Å². The van der Waals surface area contributed by atoms with Crippen molar-refractivity contribution >= 4 is 11.6 Å². The van der Waals surface area contributed by atoms with Gasteiger partial charge >= 0.3 is 0 Å². The molecule has 0 aliphatic carbocycles. The number of piperidine rings is 1. The Morgan fingerprint density at radius 2 is 2.17 bits per heavy atom. The van der Waals surface area contributed by atoms with Crippen LogP contribution in [0.3, 0.4) is 0 Å². The highest BCUT2D eigenvalue weighted by Gasteiger charge is 2.21. The maximum atomic E-state index is 10.1. The molecular weight excluding hydrogens is 250 g/mol. The average molecular weight is 270 g/mol. The molecule has 0 amide bonds. The Hall–Kier alpha value is -0.770. The third-order valence-corrected chi connectivity index (χ3v) is 3.63. The standard InChI is InChI=1S/C14H20ClNO2/c15-12-3-5-13(6-4-12)18-9-7-14(17)11-2-1-8-16-10-11/h3-6,11,14,16-17H,1-2,7-10H2. The van der Waals surface area contributed by atoms with Gasteiger partial charge in [0.05, 0.1) is 12.7 Å². The van der Waals surface area contributed by atoms with Gasteiger partial charge < -0.3 is 15.2 Å². The Kier molecular flexibility index (Phi) is 5.29. The first-order chi connectivity index (χ1) is 8.75. The summed E-state index contributed by atoms with van der Waals surface area (Å²) in [5, 5.41) is 14.1. The van der Waals surface area contributed by atoms with Crippen LogP contribution in [0.1, 0.15) is 19.3 Å². The van der Waals surface area contributed by atoms with Gasteiger partial charge in [0.1, 0.15) is 5.75 Å². The van der Waals surface area contributed by atoms with Gasteiger partial charge in [-0.15, -0.1) is 0 Å². The minimum absolute atomic E-state index is 0.273. The number of halogens is 1. The summed E-state index contributed by atoms with van der Waals surface area (Å²) in [6.07, 6.45) is 2.66. The number of benzene rings is 1. The summed E-state index contributed by atoms with van der Waals surface area (Å²) >= 11 is 5.80. The van der Waals surface area contributed by atoms with E-state index in [0.717, 1.165) is 31.7 Å². The van der Waals surface area contributed by atoms with Gasteiger partial charge in [-0.2, -0.15) is 0 Å². The zero-order valence-corrected chi connectivity index (χ0v) is 11.2. The lowest BCUT2D eigenvalue weighted by atomic mass is 9.92. The molecule has 1 fully saturated rings. The van der Waals surface area contributed by atoms with Crippen molar-refractivity contribution in [3.8, 4) is 5.75 Å². The molecule has 4 heteroatoms. The number of hydrogen-bond acceptors (Lipinski definition) is 3. The van der Waals surface area contributed by atoms with Crippen molar-refractivity contribution in [3.05, 3.63) is 29.3 Å². The van der Waals surface area contributed by atoms with E-state index in [1.807, 2.05) is 12.1 Å². The van der Waals surface area contributed by atoms with E-state index in [4.69, 9.17) is 16.3 Å². The van der Waals surface area contributed by atoms with Crippen molar-refractivity contribution in [2.75, 3.05) is 19.7 Å². The third-order valence-electron chi connectivity index (χ3n) is 3.38. The molecule has 100 valence electrons. The molecule has 18 heavy (non-hydrogen) atoms. The first kappa shape index (κ1) is 13.7. The highest BCUT2D eigenvalue weighted by molar-refractivity contribution is 6.30. The van der Waals surface area contributed by atoms with Crippen LogP contribution in [0, 0.1) is 5.92 Å². The quantitative estimate of drug-likeness (QED) is 0.863. The Balaban J connectivity index is 1.69. The van der Waals surface area contributed by atoms with Crippen molar-refractivity contribution in [1.82, 2.24) is 5.32 Å². The number of aliphatic hydroxyl groups is 1. The maximum Gasteiger partial charge on any atom is 0.119 e. The number of aliphatic hydroxyl groups excluding tert-OH is 1. The summed E-state index contributed by atoms with van der Waals surface area (Å²) in [6.45, 7) is 2.53. The molecule has 1 aromatic rings. The Morgan fingerprint density at radius 3 is 2.83 bits per heavy atom. The molecule has 0 spiro atoms. The van der Waals surface area contributed by atoms with Gasteiger partial charge in [0, 0.05) is 18.0 Å². The van der Waals surface area contributed by atoms with E-state index >= 15 is 0 Å². The molecule has 2 rings (SSSR count). The summed E-state index contributed by atoms with van der Waals surface area (Å²) in [6, 6.07) is 7.30. The topological polar surface area (TPSA) is 41.5 Å². The molecule has 3 nitrogen and oxygen atoms in total. The molecule has 0 bridgehead atoms. The molecule has 2 N–H and O–H groups in total. The van der Waals surface area contributed by atoms with Gasteiger partial charge in [-0.25, -0.2) is 0 Å². The van der Waals surface area contributed by atoms with Gasteiger partial charge in [-0.05, 0) is 49.6 Å². The normalized spacial score (nSPS) is 21.6. The molecule has 1 heterocycles. The molecule has 2 unspecified atom stereocenters. The van der Waals surface area contributed by atoms with Crippen molar-refractivity contribution in [2.24, 2.45) is 5.92 Å². The second-order valence-electron chi connectivity index (χ2n) is 4.76. The molecule has 1 saturated heterocycles. The van der Waals surface area contributed by atoms with E-state index in [1.54, 1.807) is 12.1 Å². The summed E-state index contributed by atoms with van der Waals surface area (Å²) in [5.41, 5.74) is 0. The van der Waals surface area contributed by atoms with E-state index in [9.17, 15) is 5.11 Å². The maximum absolute atomic E-state index is 10.1. The molecule has 0 saturated carbocycles. The fourth-order valence-electron chi connectivity index (χ4n) is 2.27. The fourth-order valence-corrected chi connectivity index (χ4v) is 2.40. The molecule has 0 aromatic heterocycles. The first-order valence-corrected chi connectivity index (χ1v) is 6.90. The van der Waals surface area contributed by atoms with Crippen molar-refractivity contribution < 1.29 is 9.84 Å². The summed E-state index contributed by atoms with van der Waals surface area (Å²) in [5.74, 6) is 1.17. The lowest BCUT2D eigenvalue weighted by Gasteiger charge is -2.27. The van der Waals surface area contributed by atoms with Gasteiger partial charge in [0.15, 0.2) is 0 Å². The predicted octanol–water partition coefficient (Wildman–Crippen LogP) is 2.47. The van der Waals surface area contributed by atoms with Gasteiger partial charge in [-0.1, -0.05) is 11.6 Å². The Morgan fingerprint density at radius 1 is 1.39 bits per heavy atom. The number of rotatable bonds is 5. The van der Waals surface area contributed by atoms with Crippen LogP contribution < -0.4 is 10.1 Å². The molecule has 1 aliphatic rings. The van der Waals surface area contributed by atoms with Crippen molar-refractivity contribution in [2.45, 2.75) is 25.4 Å². The highest BCUT2D eigenvalue weighted by atomic mass is 35.5. The van der Waals surface area contributed by atoms with Crippen molar-refractivity contribution in [1.29, 1.82) is 0 Å². The number of nitrogens with one attached hydrogen (secondary N) is 1. The summed E-state index contributed by atoms with van der Waals surface area (Å²) in [7, 11) is 0. The van der Waals surface area contributed by atoms with Crippen LogP contribution in [0.15, 0.2) is 24.3 Å². The molecular formula is C14H20ClNO2. The average Bonchev–Trinajstić information content (AvgIpc) is 2.42. The van der Waals surface area contributed by atoms with Crippen LogP contribution in [0.4, 0.5) is 0 Å². The van der Waals surface area contributed by atoms with Crippen LogP contribution in [0.2, 0.25) is 5.02 Å². The highest BCUT2D eigenvalue weighted by Crippen LogP contribution is 2.18. The van der Waals surface area contributed by atoms with Gasteiger partial charge in [0.25, 0.3) is 0 Å². The molecule has 0 radical (unpaired) electrons. The second kappa shape index (κ2) is 6.98. The van der Waals surface area contributed by atoms with Crippen LogP contribution in [-0.2, 0) is 0 Å². The van der Waals surface area contributed by atoms with E-state index < -0.39 is 0 Å². The van der Waals surface area contributed by atoms with E-state index in [1.165, 1.54) is 0 Å². The fraction of sp³-hybridized carbons (Fsp3) is 0.571. The van der Waals surface area contributed by atoms with E-state index in [-0.39, 0.29) is 6.10 Å². The van der Waals surface area contributed by atoms with Crippen LogP contribution in [0.5, 0.6) is 5.75 Å². The smallest absolute Gasteiger partial charge is 0.119 e. The van der Waals surface area contributed by atoms with E-state index in [2.05, 4.69) is 5.32 Å². The monoisotopic (exact) mass is 269 g/mol. The lowest BCUT2D eigenvalue weighted by molar-refractivity contribution is 0.0702. The first-order valence-electron chi connectivity index (χ1n) is 6.53. The minimum Gasteiger partial charge on any atom is -0.493 e. The summed E-state index contributed by atoms with van der Waals surface area (Å²) < 4.78 is 5.58. The van der Waals surface area contributed by atoms with Gasteiger partial charge in [-0.3, -0.25) is 0 Å².